The molecule has 2 aromatic carbocycles. The van der Waals surface area contributed by atoms with Gasteiger partial charge in [0.25, 0.3) is 5.91 Å². The molecule has 1 heterocycles. The number of carbonyl (C=O) groups is 2. The van der Waals surface area contributed by atoms with Gasteiger partial charge in [0.1, 0.15) is 0 Å². The normalized spacial score (nSPS) is 14.6. The quantitative estimate of drug-likeness (QED) is 0.817. The van der Waals surface area contributed by atoms with Crippen molar-refractivity contribution < 1.29 is 9.59 Å². The number of likely N-dealkylation sites (tertiary alicyclic amines) is 1. The minimum Gasteiger partial charge on any atom is -0.376 e. The first-order chi connectivity index (χ1) is 13.4. The van der Waals surface area contributed by atoms with Crippen LogP contribution in [0.3, 0.4) is 0 Å². The van der Waals surface area contributed by atoms with Crippen LogP contribution in [0.1, 0.15) is 41.3 Å². The van der Waals surface area contributed by atoms with Crippen molar-refractivity contribution in [3.8, 4) is 0 Å². The van der Waals surface area contributed by atoms with Gasteiger partial charge in [-0.25, -0.2) is 0 Å². The summed E-state index contributed by atoms with van der Waals surface area (Å²) in [4.78, 5) is 26.7. The maximum absolute atomic E-state index is 12.6. The molecule has 1 fully saturated rings. The lowest BCUT2D eigenvalue weighted by molar-refractivity contribution is -0.114. The average Bonchev–Trinajstić information content (AvgIpc) is 2.69. The van der Waals surface area contributed by atoms with Gasteiger partial charge in [-0.1, -0.05) is 19.1 Å². The first kappa shape index (κ1) is 19.9. The predicted molar refractivity (Wildman–Crippen MR) is 114 cm³/mol. The second kappa shape index (κ2) is 8.91. The molecule has 0 bridgehead atoms. The van der Waals surface area contributed by atoms with Gasteiger partial charge in [0.15, 0.2) is 0 Å². The average molecular weight is 380 g/mol. The number of benzene rings is 2. The van der Waals surface area contributed by atoms with Crippen LogP contribution in [0.4, 0.5) is 11.4 Å². The Morgan fingerprint density at radius 1 is 1.04 bits per heavy atom. The molecule has 2 amide bonds. The van der Waals surface area contributed by atoms with Crippen LogP contribution >= 0.6 is 0 Å². The van der Waals surface area contributed by atoms with Crippen LogP contribution < -0.4 is 10.6 Å². The molecule has 0 aromatic heterocycles. The lowest BCUT2D eigenvalue weighted by Gasteiger charge is -2.30. The Labute approximate surface area is 167 Å². The van der Waals surface area contributed by atoms with E-state index in [1.54, 1.807) is 24.3 Å². The van der Waals surface area contributed by atoms with Gasteiger partial charge in [0, 0.05) is 30.0 Å². The van der Waals surface area contributed by atoms with E-state index in [-0.39, 0.29) is 18.4 Å². The number of nitrogens with one attached hydrogen (secondary N) is 2. The lowest BCUT2D eigenvalue weighted by atomic mass is 9.98. The summed E-state index contributed by atoms with van der Waals surface area (Å²) in [5.41, 5.74) is 4.58. The fourth-order valence-electron chi connectivity index (χ4n) is 3.40. The van der Waals surface area contributed by atoms with Crippen molar-refractivity contribution in [2.45, 2.75) is 33.6 Å². The van der Waals surface area contributed by atoms with Crippen LogP contribution in [0.5, 0.6) is 0 Å². The van der Waals surface area contributed by atoms with Crippen LogP contribution in [0, 0.1) is 19.8 Å². The molecule has 0 aliphatic carbocycles. The molecule has 148 valence electrons. The van der Waals surface area contributed by atoms with Crippen molar-refractivity contribution in [3.05, 3.63) is 59.2 Å². The maximum atomic E-state index is 12.6. The molecule has 0 atom stereocenters. The third-order valence-corrected chi connectivity index (χ3v) is 5.32. The summed E-state index contributed by atoms with van der Waals surface area (Å²) in [6.45, 7) is 8.10. The van der Waals surface area contributed by atoms with E-state index in [2.05, 4.69) is 17.6 Å². The maximum Gasteiger partial charge on any atom is 0.253 e. The predicted octanol–water partition coefficient (Wildman–Crippen LogP) is 4.23. The number of piperidine rings is 1. The highest BCUT2D eigenvalue weighted by atomic mass is 16.2. The van der Waals surface area contributed by atoms with Crippen LogP contribution in [-0.2, 0) is 4.79 Å². The summed E-state index contributed by atoms with van der Waals surface area (Å²) in [5.74, 6) is 0.644. The molecule has 0 radical (unpaired) electrons. The standard InChI is InChI=1S/C23H29N3O2/c1-16-10-12-26(13-11-16)23(28)19-6-8-20(9-7-19)25-22(27)15-24-21-14-17(2)4-5-18(21)3/h4-9,14,16,24H,10-13,15H2,1-3H3,(H,25,27). The molecule has 1 saturated heterocycles. The highest BCUT2D eigenvalue weighted by molar-refractivity contribution is 5.96. The van der Waals surface area contributed by atoms with Gasteiger partial charge in [-0.2, -0.15) is 0 Å². The zero-order valence-corrected chi connectivity index (χ0v) is 16.9. The number of amides is 2. The molecule has 0 unspecified atom stereocenters. The number of rotatable bonds is 5. The smallest absolute Gasteiger partial charge is 0.253 e. The van der Waals surface area contributed by atoms with E-state index in [9.17, 15) is 9.59 Å². The van der Waals surface area contributed by atoms with Crippen LogP contribution in [0.2, 0.25) is 0 Å². The summed E-state index contributed by atoms with van der Waals surface area (Å²) in [6.07, 6.45) is 2.13. The van der Waals surface area contributed by atoms with Gasteiger partial charge in [-0.3, -0.25) is 9.59 Å². The molecule has 3 rings (SSSR count). The number of hydrogen-bond acceptors (Lipinski definition) is 3. The van der Waals surface area contributed by atoms with Gasteiger partial charge >= 0.3 is 0 Å². The SMILES string of the molecule is Cc1ccc(C)c(NCC(=O)Nc2ccc(C(=O)N3CCC(C)CC3)cc2)c1. The van der Waals surface area contributed by atoms with Gasteiger partial charge in [-0.05, 0) is 74.1 Å². The molecule has 1 aliphatic rings. The van der Waals surface area contributed by atoms with Gasteiger partial charge in [-0.15, -0.1) is 0 Å². The Kier molecular flexibility index (Phi) is 6.34. The van der Waals surface area contributed by atoms with E-state index in [0.717, 1.165) is 42.7 Å². The van der Waals surface area contributed by atoms with E-state index in [0.29, 0.717) is 17.2 Å². The first-order valence-corrected chi connectivity index (χ1v) is 9.92. The first-order valence-electron chi connectivity index (χ1n) is 9.92. The number of aryl methyl sites for hydroxylation is 2. The van der Waals surface area contributed by atoms with Gasteiger partial charge in [0.2, 0.25) is 5.91 Å². The minimum atomic E-state index is -0.120. The Balaban J connectivity index is 1.53. The molecular formula is C23H29N3O2. The van der Waals surface area contributed by atoms with Crippen molar-refractivity contribution in [2.75, 3.05) is 30.3 Å². The Bertz CT molecular complexity index is 837. The van der Waals surface area contributed by atoms with E-state index in [4.69, 9.17) is 0 Å². The Hall–Kier alpha value is -2.82. The molecule has 5 heteroatoms. The molecule has 28 heavy (non-hydrogen) atoms. The molecule has 2 N–H and O–H groups in total. The van der Waals surface area contributed by atoms with Crippen LogP contribution in [0.25, 0.3) is 0 Å². The summed E-state index contributed by atoms with van der Waals surface area (Å²) >= 11 is 0. The van der Waals surface area contributed by atoms with E-state index < -0.39 is 0 Å². The monoisotopic (exact) mass is 379 g/mol. The summed E-state index contributed by atoms with van der Waals surface area (Å²) in [5, 5.41) is 6.05. The van der Waals surface area contributed by atoms with Crippen LogP contribution in [-0.4, -0.2) is 36.3 Å². The Morgan fingerprint density at radius 2 is 1.71 bits per heavy atom. The minimum absolute atomic E-state index is 0.0707. The van der Waals surface area contributed by atoms with E-state index in [1.807, 2.05) is 36.9 Å². The van der Waals surface area contributed by atoms with Crippen molar-refractivity contribution in [1.29, 1.82) is 0 Å². The van der Waals surface area contributed by atoms with Gasteiger partial charge < -0.3 is 15.5 Å². The third kappa shape index (κ3) is 5.12. The van der Waals surface area contributed by atoms with Crippen LogP contribution in [0.15, 0.2) is 42.5 Å². The second-order valence-electron chi connectivity index (χ2n) is 7.77. The zero-order valence-electron chi connectivity index (χ0n) is 16.9. The fourth-order valence-corrected chi connectivity index (χ4v) is 3.40. The Morgan fingerprint density at radius 3 is 2.39 bits per heavy atom. The van der Waals surface area contributed by atoms with Crippen molar-refractivity contribution in [2.24, 2.45) is 5.92 Å². The highest BCUT2D eigenvalue weighted by Crippen LogP contribution is 2.19. The fraction of sp³-hybridized carbons (Fsp3) is 0.391. The second-order valence-corrected chi connectivity index (χ2v) is 7.77. The van der Waals surface area contributed by atoms with E-state index in [1.165, 1.54) is 0 Å². The molecule has 0 spiro atoms. The summed E-state index contributed by atoms with van der Waals surface area (Å²) in [6, 6.07) is 13.3. The molecule has 2 aromatic rings. The third-order valence-electron chi connectivity index (χ3n) is 5.32. The number of nitrogens with zero attached hydrogens (tertiary/aromatic N) is 1. The number of hydrogen-bond donors (Lipinski definition) is 2. The van der Waals surface area contributed by atoms with E-state index >= 15 is 0 Å². The lowest BCUT2D eigenvalue weighted by Crippen LogP contribution is -2.37. The number of anilines is 2. The zero-order chi connectivity index (χ0) is 20.1. The largest absolute Gasteiger partial charge is 0.376 e. The van der Waals surface area contributed by atoms with Crippen molar-refractivity contribution in [1.82, 2.24) is 4.90 Å². The molecule has 5 nitrogen and oxygen atoms in total. The van der Waals surface area contributed by atoms with Gasteiger partial charge in [0.05, 0.1) is 6.54 Å². The summed E-state index contributed by atoms with van der Waals surface area (Å²) in [7, 11) is 0. The molecular weight excluding hydrogens is 350 g/mol. The topological polar surface area (TPSA) is 61.4 Å². The van der Waals surface area contributed by atoms with Crippen molar-refractivity contribution >= 4 is 23.2 Å². The summed E-state index contributed by atoms with van der Waals surface area (Å²) < 4.78 is 0. The molecule has 0 saturated carbocycles. The highest BCUT2D eigenvalue weighted by Gasteiger charge is 2.21. The molecule has 1 aliphatic heterocycles. The number of carbonyl (C=O) groups excluding carboxylic acids is 2. The van der Waals surface area contributed by atoms with Crippen molar-refractivity contribution in [3.63, 3.8) is 0 Å².